The van der Waals surface area contributed by atoms with Gasteiger partial charge in [0.05, 0.1) is 25.9 Å². The second-order valence-electron chi connectivity index (χ2n) is 4.58. The summed E-state index contributed by atoms with van der Waals surface area (Å²) in [4.78, 5) is 14.4. The Bertz CT molecular complexity index is 462. The van der Waals surface area contributed by atoms with Gasteiger partial charge in [-0.3, -0.25) is 4.79 Å². The molecule has 104 valence electrons. The van der Waals surface area contributed by atoms with Crippen molar-refractivity contribution in [3.8, 4) is 5.75 Å². The van der Waals surface area contributed by atoms with Crippen molar-refractivity contribution in [1.29, 1.82) is 0 Å². The van der Waals surface area contributed by atoms with Gasteiger partial charge in [-0.15, -0.1) is 0 Å². The summed E-state index contributed by atoms with van der Waals surface area (Å²) >= 11 is 0. The number of nitrogens with two attached hydrogens (primary N) is 1. The lowest BCUT2D eigenvalue weighted by Gasteiger charge is -2.34. The van der Waals surface area contributed by atoms with Crippen LogP contribution in [0.4, 0.5) is 5.69 Å². The Labute approximate surface area is 113 Å². The first-order valence-electron chi connectivity index (χ1n) is 6.55. The Kier molecular flexibility index (Phi) is 4.27. The third kappa shape index (κ3) is 2.81. The lowest BCUT2D eigenvalue weighted by atomic mass is 10.1. The smallest absolute Gasteiger partial charge is 0.260 e. The van der Waals surface area contributed by atoms with Gasteiger partial charge in [0, 0.05) is 12.2 Å². The average Bonchev–Trinajstić information content (AvgIpc) is 2.39. The van der Waals surface area contributed by atoms with Crippen LogP contribution in [-0.2, 0) is 4.74 Å². The molecule has 5 nitrogen and oxygen atoms in total. The van der Waals surface area contributed by atoms with Crippen molar-refractivity contribution in [2.75, 3.05) is 32.1 Å². The molecular formula is C14H20N2O3. The summed E-state index contributed by atoms with van der Waals surface area (Å²) < 4.78 is 10.9. The zero-order valence-corrected chi connectivity index (χ0v) is 11.4. The van der Waals surface area contributed by atoms with Crippen LogP contribution >= 0.6 is 0 Å². The highest BCUT2D eigenvalue weighted by Gasteiger charge is 2.28. The topological polar surface area (TPSA) is 64.8 Å². The fourth-order valence-corrected chi connectivity index (χ4v) is 2.23. The van der Waals surface area contributed by atoms with E-state index in [-0.39, 0.29) is 11.9 Å². The molecule has 1 aliphatic heterocycles. The molecule has 0 bridgehead atoms. The second kappa shape index (κ2) is 5.93. The van der Waals surface area contributed by atoms with E-state index in [4.69, 9.17) is 15.2 Å². The van der Waals surface area contributed by atoms with Gasteiger partial charge in [0.25, 0.3) is 5.91 Å². The molecule has 2 N–H and O–H groups in total. The number of hydrogen-bond acceptors (Lipinski definition) is 4. The van der Waals surface area contributed by atoms with Crippen LogP contribution in [0.2, 0.25) is 0 Å². The molecule has 0 spiro atoms. The molecule has 1 heterocycles. The van der Waals surface area contributed by atoms with Crippen molar-refractivity contribution in [2.45, 2.75) is 19.9 Å². The number of nitrogens with zero attached hydrogens (tertiary/aromatic N) is 1. The van der Waals surface area contributed by atoms with Crippen LogP contribution in [0.25, 0.3) is 0 Å². The molecule has 1 amide bonds. The predicted molar refractivity (Wildman–Crippen MR) is 73.3 cm³/mol. The monoisotopic (exact) mass is 264 g/mol. The van der Waals surface area contributed by atoms with Crippen molar-refractivity contribution in [1.82, 2.24) is 4.90 Å². The number of ether oxygens (including phenoxy) is 2. The van der Waals surface area contributed by atoms with E-state index in [1.807, 2.05) is 13.8 Å². The zero-order chi connectivity index (χ0) is 13.8. The van der Waals surface area contributed by atoms with Crippen molar-refractivity contribution in [2.24, 2.45) is 0 Å². The molecule has 2 rings (SSSR count). The van der Waals surface area contributed by atoms with Crippen LogP contribution in [0.15, 0.2) is 18.2 Å². The number of hydrogen-bond donors (Lipinski definition) is 1. The Morgan fingerprint density at radius 3 is 3.05 bits per heavy atom. The van der Waals surface area contributed by atoms with E-state index in [0.717, 1.165) is 0 Å². The SMILES string of the molecule is CCOc1cccc(N)c1C(=O)N1CCOC[C@H]1C. The molecule has 1 saturated heterocycles. The van der Waals surface area contributed by atoms with E-state index in [1.54, 1.807) is 23.1 Å². The maximum Gasteiger partial charge on any atom is 0.260 e. The number of benzene rings is 1. The van der Waals surface area contributed by atoms with Crippen molar-refractivity contribution in [3.05, 3.63) is 23.8 Å². The molecule has 0 aromatic heterocycles. The van der Waals surface area contributed by atoms with E-state index in [9.17, 15) is 4.79 Å². The number of carbonyl (C=O) groups is 1. The summed E-state index contributed by atoms with van der Waals surface area (Å²) in [5.74, 6) is 0.462. The van der Waals surface area contributed by atoms with Crippen molar-refractivity contribution >= 4 is 11.6 Å². The minimum absolute atomic E-state index is 0.0512. The van der Waals surface area contributed by atoms with Gasteiger partial charge in [-0.2, -0.15) is 0 Å². The first-order valence-corrected chi connectivity index (χ1v) is 6.55. The largest absolute Gasteiger partial charge is 0.493 e. The molecule has 1 atom stereocenters. The molecule has 0 aliphatic carbocycles. The first kappa shape index (κ1) is 13.7. The van der Waals surface area contributed by atoms with E-state index in [0.29, 0.717) is 43.4 Å². The number of amides is 1. The average molecular weight is 264 g/mol. The van der Waals surface area contributed by atoms with Crippen LogP contribution in [0, 0.1) is 0 Å². The van der Waals surface area contributed by atoms with E-state index in [1.165, 1.54) is 0 Å². The highest BCUT2D eigenvalue weighted by molar-refractivity contribution is 6.02. The molecule has 5 heteroatoms. The van der Waals surface area contributed by atoms with E-state index in [2.05, 4.69) is 0 Å². The zero-order valence-electron chi connectivity index (χ0n) is 11.4. The normalized spacial score (nSPS) is 19.3. The van der Waals surface area contributed by atoms with Gasteiger partial charge in [-0.25, -0.2) is 0 Å². The summed E-state index contributed by atoms with van der Waals surface area (Å²) in [7, 11) is 0. The number of rotatable bonds is 3. The third-order valence-electron chi connectivity index (χ3n) is 3.20. The van der Waals surface area contributed by atoms with Crippen LogP contribution < -0.4 is 10.5 Å². The van der Waals surface area contributed by atoms with Crippen LogP contribution in [0.3, 0.4) is 0 Å². The Morgan fingerprint density at radius 1 is 1.58 bits per heavy atom. The van der Waals surface area contributed by atoms with Gasteiger partial charge in [0.15, 0.2) is 0 Å². The number of anilines is 1. The third-order valence-corrected chi connectivity index (χ3v) is 3.20. The predicted octanol–water partition coefficient (Wildman–Crippen LogP) is 1.53. The standard InChI is InChI=1S/C14H20N2O3/c1-3-19-12-6-4-5-11(15)13(12)14(17)16-7-8-18-9-10(16)2/h4-6,10H,3,7-9,15H2,1-2H3/t10-/m1/s1. The minimum atomic E-state index is -0.0858. The summed E-state index contributed by atoms with van der Waals surface area (Å²) in [5, 5.41) is 0. The maximum absolute atomic E-state index is 12.6. The van der Waals surface area contributed by atoms with Gasteiger partial charge in [0.1, 0.15) is 11.3 Å². The van der Waals surface area contributed by atoms with Gasteiger partial charge in [-0.05, 0) is 26.0 Å². The minimum Gasteiger partial charge on any atom is -0.493 e. The highest BCUT2D eigenvalue weighted by atomic mass is 16.5. The summed E-state index contributed by atoms with van der Waals surface area (Å²) in [6.07, 6.45) is 0. The summed E-state index contributed by atoms with van der Waals surface area (Å²) in [5.41, 5.74) is 6.86. The van der Waals surface area contributed by atoms with Gasteiger partial charge in [-0.1, -0.05) is 6.07 Å². The molecule has 0 radical (unpaired) electrons. The van der Waals surface area contributed by atoms with Gasteiger partial charge in [0.2, 0.25) is 0 Å². The lowest BCUT2D eigenvalue weighted by Crippen LogP contribution is -2.47. The Morgan fingerprint density at radius 2 is 2.37 bits per heavy atom. The molecule has 1 aromatic rings. The highest BCUT2D eigenvalue weighted by Crippen LogP contribution is 2.27. The van der Waals surface area contributed by atoms with E-state index >= 15 is 0 Å². The van der Waals surface area contributed by atoms with Crippen molar-refractivity contribution in [3.63, 3.8) is 0 Å². The van der Waals surface area contributed by atoms with Crippen LogP contribution in [-0.4, -0.2) is 43.2 Å². The summed E-state index contributed by atoms with van der Waals surface area (Å²) in [6.45, 7) is 6.06. The first-order chi connectivity index (χ1) is 9.15. The number of nitrogen functional groups attached to an aromatic ring is 1. The molecule has 0 saturated carbocycles. The quantitative estimate of drug-likeness (QED) is 0.841. The van der Waals surface area contributed by atoms with E-state index < -0.39 is 0 Å². The molecule has 0 unspecified atom stereocenters. The Balaban J connectivity index is 2.31. The van der Waals surface area contributed by atoms with Gasteiger partial charge >= 0.3 is 0 Å². The molecule has 19 heavy (non-hydrogen) atoms. The summed E-state index contributed by atoms with van der Waals surface area (Å²) in [6, 6.07) is 5.34. The Hall–Kier alpha value is -1.75. The fourth-order valence-electron chi connectivity index (χ4n) is 2.23. The molecule has 1 fully saturated rings. The molecular weight excluding hydrogens is 244 g/mol. The van der Waals surface area contributed by atoms with Crippen LogP contribution in [0.1, 0.15) is 24.2 Å². The van der Waals surface area contributed by atoms with Gasteiger partial charge < -0.3 is 20.1 Å². The molecule has 1 aliphatic rings. The maximum atomic E-state index is 12.6. The van der Waals surface area contributed by atoms with Crippen molar-refractivity contribution < 1.29 is 14.3 Å². The number of morpholine rings is 1. The fraction of sp³-hybridized carbons (Fsp3) is 0.500. The lowest BCUT2D eigenvalue weighted by molar-refractivity contribution is 0.00347. The van der Waals surface area contributed by atoms with Crippen LogP contribution in [0.5, 0.6) is 5.75 Å². The number of carbonyl (C=O) groups excluding carboxylic acids is 1. The molecule has 1 aromatic carbocycles. The second-order valence-corrected chi connectivity index (χ2v) is 4.58.